The molecule has 1 aliphatic carbocycles. The highest BCUT2D eigenvalue weighted by Crippen LogP contribution is 2.29. The predicted molar refractivity (Wildman–Crippen MR) is 40.7 cm³/mol. The van der Waals surface area contributed by atoms with E-state index in [4.69, 9.17) is 0 Å². The van der Waals surface area contributed by atoms with E-state index in [2.05, 4.69) is 15.9 Å². The van der Waals surface area contributed by atoms with Crippen LogP contribution in [0.5, 0.6) is 0 Å². The molecule has 1 saturated carbocycles. The van der Waals surface area contributed by atoms with Crippen molar-refractivity contribution in [2.75, 3.05) is 5.33 Å². The van der Waals surface area contributed by atoms with Crippen LogP contribution in [0.1, 0.15) is 19.8 Å². The molecule has 1 fully saturated rings. The summed E-state index contributed by atoms with van der Waals surface area (Å²) in [4.78, 5) is 10.9. The third-order valence-electron chi connectivity index (χ3n) is 2.17. The second-order valence-corrected chi connectivity index (χ2v) is 3.36. The van der Waals surface area contributed by atoms with Crippen LogP contribution >= 0.6 is 15.9 Å². The number of rotatable bonds is 1. The lowest BCUT2D eigenvalue weighted by Crippen LogP contribution is -2.10. The zero-order valence-corrected chi connectivity index (χ0v) is 7.15. The highest BCUT2D eigenvalue weighted by Gasteiger charge is 2.29. The van der Waals surface area contributed by atoms with Crippen LogP contribution in [0.15, 0.2) is 0 Å². The fourth-order valence-electron chi connectivity index (χ4n) is 1.28. The Balaban J connectivity index is 2.51. The number of hydrogen-bond acceptors (Lipinski definition) is 1. The van der Waals surface area contributed by atoms with E-state index >= 15 is 0 Å². The summed E-state index contributed by atoms with van der Waals surface area (Å²) in [5, 5.41) is 0.986. The molecule has 0 aromatic rings. The van der Waals surface area contributed by atoms with E-state index in [1.165, 1.54) is 0 Å². The van der Waals surface area contributed by atoms with Gasteiger partial charge in [-0.25, -0.2) is 0 Å². The first kappa shape index (κ1) is 7.26. The van der Waals surface area contributed by atoms with Crippen LogP contribution in [0.2, 0.25) is 0 Å². The summed E-state index contributed by atoms with van der Waals surface area (Å²) >= 11 is 3.39. The molecule has 2 atom stereocenters. The fourth-order valence-corrected chi connectivity index (χ4v) is 2.16. The van der Waals surface area contributed by atoms with Crippen molar-refractivity contribution in [2.24, 2.45) is 11.8 Å². The lowest BCUT2D eigenvalue weighted by molar-refractivity contribution is -0.120. The summed E-state index contributed by atoms with van der Waals surface area (Å²) in [6.07, 6.45) is 1.89. The molecule has 0 heterocycles. The topological polar surface area (TPSA) is 17.1 Å². The van der Waals surface area contributed by atoms with Gasteiger partial charge in [-0.15, -0.1) is 0 Å². The molecule has 0 aromatic heterocycles. The number of ketones is 1. The number of carbonyl (C=O) groups is 1. The monoisotopic (exact) mass is 190 g/mol. The summed E-state index contributed by atoms with van der Waals surface area (Å²) < 4.78 is 0. The van der Waals surface area contributed by atoms with Gasteiger partial charge >= 0.3 is 0 Å². The lowest BCUT2D eigenvalue weighted by atomic mass is 10.0. The van der Waals surface area contributed by atoms with Gasteiger partial charge in [-0.05, 0) is 12.3 Å². The van der Waals surface area contributed by atoms with Gasteiger partial charge in [0.2, 0.25) is 0 Å². The van der Waals surface area contributed by atoms with Crippen molar-refractivity contribution in [2.45, 2.75) is 19.8 Å². The molecular weight excluding hydrogens is 180 g/mol. The van der Waals surface area contributed by atoms with Crippen LogP contribution in [0, 0.1) is 11.8 Å². The molecule has 1 nitrogen and oxygen atoms in total. The molecule has 0 amide bonds. The maximum Gasteiger partial charge on any atom is 0.136 e. The van der Waals surface area contributed by atoms with Gasteiger partial charge in [0.1, 0.15) is 5.78 Å². The molecule has 1 rings (SSSR count). The van der Waals surface area contributed by atoms with E-state index < -0.39 is 0 Å². The van der Waals surface area contributed by atoms with Crippen molar-refractivity contribution in [3.63, 3.8) is 0 Å². The standard InChI is InChI=1S/C7H11BrO/c1-5-6(4-8)2-3-7(5)9/h5-6H,2-4H2,1H3/t5-,6-/m0/s1. The molecule has 0 aromatic carbocycles. The first-order valence-electron chi connectivity index (χ1n) is 3.34. The van der Waals surface area contributed by atoms with Crippen molar-refractivity contribution in [3.05, 3.63) is 0 Å². The number of halogens is 1. The van der Waals surface area contributed by atoms with Crippen molar-refractivity contribution in [3.8, 4) is 0 Å². The number of Topliss-reactive ketones (excluding diaryl/α,β-unsaturated/α-hetero) is 1. The Morgan fingerprint density at radius 1 is 1.78 bits per heavy atom. The zero-order chi connectivity index (χ0) is 6.85. The minimum Gasteiger partial charge on any atom is -0.299 e. The van der Waals surface area contributed by atoms with Gasteiger partial charge in [-0.1, -0.05) is 22.9 Å². The SMILES string of the molecule is C[C@@H]1C(=O)CC[C@H]1CBr. The quantitative estimate of drug-likeness (QED) is 0.579. The Morgan fingerprint density at radius 2 is 2.44 bits per heavy atom. The highest BCUT2D eigenvalue weighted by molar-refractivity contribution is 9.09. The maximum atomic E-state index is 10.9. The molecule has 0 bridgehead atoms. The van der Waals surface area contributed by atoms with Crippen LogP contribution < -0.4 is 0 Å². The Hall–Kier alpha value is 0.150. The first-order valence-corrected chi connectivity index (χ1v) is 4.46. The van der Waals surface area contributed by atoms with Crippen LogP contribution in [0.25, 0.3) is 0 Å². The van der Waals surface area contributed by atoms with Gasteiger partial charge in [-0.3, -0.25) is 4.79 Å². The molecule has 2 heteroatoms. The van der Waals surface area contributed by atoms with Gasteiger partial charge < -0.3 is 0 Å². The minimum absolute atomic E-state index is 0.310. The normalized spacial score (nSPS) is 35.6. The van der Waals surface area contributed by atoms with Crippen molar-refractivity contribution in [1.82, 2.24) is 0 Å². The lowest BCUT2D eigenvalue weighted by Gasteiger charge is -2.07. The molecular formula is C7H11BrO. The molecule has 0 radical (unpaired) electrons. The second kappa shape index (κ2) is 2.82. The van der Waals surface area contributed by atoms with Gasteiger partial charge in [0, 0.05) is 17.7 Å². The molecule has 52 valence electrons. The smallest absolute Gasteiger partial charge is 0.136 e. The first-order chi connectivity index (χ1) is 4.25. The van der Waals surface area contributed by atoms with E-state index in [0.717, 1.165) is 18.2 Å². The van der Waals surface area contributed by atoms with E-state index in [1.54, 1.807) is 0 Å². The number of alkyl halides is 1. The van der Waals surface area contributed by atoms with E-state index in [0.29, 0.717) is 17.6 Å². The average molecular weight is 191 g/mol. The Kier molecular flexibility index (Phi) is 2.28. The molecule has 0 unspecified atom stereocenters. The zero-order valence-electron chi connectivity index (χ0n) is 5.56. The molecule has 1 aliphatic rings. The Morgan fingerprint density at radius 3 is 2.67 bits per heavy atom. The fraction of sp³-hybridized carbons (Fsp3) is 0.857. The molecule has 0 spiro atoms. The van der Waals surface area contributed by atoms with Crippen LogP contribution in [-0.2, 0) is 4.79 Å². The third kappa shape index (κ3) is 1.34. The summed E-state index contributed by atoms with van der Waals surface area (Å²) in [6.45, 7) is 2.03. The minimum atomic E-state index is 0.310. The molecule has 0 N–H and O–H groups in total. The van der Waals surface area contributed by atoms with Crippen molar-refractivity contribution in [1.29, 1.82) is 0 Å². The molecule has 9 heavy (non-hydrogen) atoms. The number of hydrogen-bond donors (Lipinski definition) is 0. The van der Waals surface area contributed by atoms with Gasteiger partial charge in [0.05, 0.1) is 0 Å². The Bertz CT molecular complexity index is 122. The van der Waals surface area contributed by atoms with Crippen LogP contribution in [0.3, 0.4) is 0 Å². The highest BCUT2D eigenvalue weighted by atomic mass is 79.9. The van der Waals surface area contributed by atoms with Crippen molar-refractivity contribution < 1.29 is 4.79 Å². The van der Waals surface area contributed by atoms with E-state index in [-0.39, 0.29) is 0 Å². The van der Waals surface area contributed by atoms with Gasteiger partial charge in [-0.2, -0.15) is 0 Å². The predicted octanol–water partition coefficient (Wildman–Crippen LogP) is 2.00. The summed E-state index contributed by atoms with van der Waals surface area (Å²) in [6, 6.07) is 0. The summed E-state index contributed by atoms with van der Waals surface area (Å²) in [7, 11) is 0. The summed E-state index contributed by atoms with van der Waals surface area (Å²) in [5.41, 5.74) is 0. The third-order valence-corrected chi connectivity index (χ3v) is 3.01. The van der Waals surface area contributed by atoms with E-state index in [9.17, 15) is 4.79 Å². The van der Waals surface area contributed by atoms with Gasteiger partial charge in [0.15, 0.2) is 0 Å². The van der Waals surface area contributed by atoms with Crippen molar-refractivity contribution >= 4 is 21.7 Å². The summed E-state index contributed by atoms with van der Waals surface area (Å²) in [5.74, 6) is 1.36. The second-order valence-electron chi connectivity index (χ2n) is 2.71. The molecule has 0 aliphatic heterocycles. The average Bonchev–Trinajstić information content (AvgIpc) is 2.15. The van der Waals surface area contributed by atoms with Crippen LogP contribution in [-0.4, -0.2) is 11.1 Å². The largest absolute Gasteiger partial charge is 0.299 e. The maximum absolute atomic E-state index is 10.9. The van der Waals surface area contributed by atoms with E-state index in [1.807, 2.05) is 6.92 Å². The molecule has 0 saturated heterocycles. The Labute approximate surface area is 64.0 Å². The number of carbonyl (C=O) groups excluding carboxylic acids is 1. The van der Waals surface area contributed by atoms with Crippen LogP contribution in [0.4, 0.5) is 0 Å². The van der Waals surface area contributed by atoms with Gasteiger partial charge in [0.25, 0.3) is 0 Å².